The van der Waals surface area contributed by atoms with E-state index in [-0.39, 0.29) is 24.9 Å². The van der Waals surface area contributed by atoms with Crippen LogP contribution in [0.25, 0.3) is 17.5 Å². The summed E-state index contributed by atoms with van der Waals surface area (Å²) in [5, 5.41) is 6.00. The first-order valence-electron chi connectivity index (χ1n) is 9.09. The number of alkyl halides is 3. The molecule has 0 unspecified atom stereocenters. The monoisotopic (exact) mass is 433 g/mol. The Labute approximate surface area is 175 Å². The van der Waals surface area contributed by atoms with Crippen LogP contribution in [0.5, 0.6) is 11.5 Å². The number of nitrogens with one attached hydrogen (secondary N) is 1. The molecule has 1 heterocycles. The van der Waals surface area contributed by atoms with E-state index in [4.69, 9.17) is 9.47 Å². The molecule has 0 bridgehead atoms. The zero-order chi connectivity index (χ0) is 22.3. The van der Waals surface area contributed by atoms with Crippen LogP contribution < -0.4 is 14.8 Å². The molecule has 3 aromatic rings. The Bertz CT molecular complexity index is 1030. The number of aromatic nitrogens is 2. The lowest BCUT2D eigenvalue weighted by molar-refractivity contribution is -0.159. The van der Waals surface area contributed by atoms with E-state index in [1.807, 2.05) is 12.1 Å². The average molecular weight is 433 g/mol. The largest absolute Gasteiger partial charge is 0.497 e. The second-order valence-corrected chi connectivity index (χ2v) is 6.19. The first-order chi connectivity index (χ1) is 14.8. The molecule has 0 spiro atoms. The van der Waals surface area contributed by atoms with Gasteiger partial charge in [0.1, 0.15) is 18.1 Å². The van der Waals surface area contributed by atoms with Crippen molar-refractivity contribution >= 4 is 12.0 Å². The number of nitrogens with zero attached hydrogens (tertiary/aromatic N) is 2. The highest BCUT2D eigenvalue weighted by atomic mass is 19.4. The van der Waals surface area contributed by atoms with Crippen molar-refractivity contribution in [1.29, 1.82) is 0 Å². The summed E-state index contributed by atoms with van der Waals surface area (Å²) in [6.07, 6.45) is -1.60. The smallest absolute Gasteiger partial charge is 0.471 e. The molecule has 10 heteroatoms. The van der Waals surface area contributed by atoms with Gasteiger partial charge < -0.3 is 19.3 Å². The standard InChI is InChI=1S/C21H18F3N3O4/c1-29-16-7-2-14(3-8-16)4-11-18(28)25-12-13-30-17-9-5-15(6-10-17)19-26-20(31-27-19)21(22,23)24/h2-11H,12-13H2,1H3,(H,25,28)/b11-4+. The molecule has 7 nitrogen and oxygen atoms in total. The van der Waals surface area contributed by atoms with Gasteiger partial charge in [-0.15, -0.1) is 0 Å². The van der Waals surface area contributed by atoms with E-state index in [0.717, 1.165) is 11.3 Å². The topological polar surface area (TPSA) is 86.5 Å². The van der Waals surface area contributed by atoms with Gasteiger partial charge in [0.2, 0.25) is 11.7 Å². The Morgan fingerprint density at radius 3 is 2.39 bits per heavy atom. The van der Waals surface area contributed by atoms with E-state index in [2.05, 4.69) is 20.0 Å². The minimum Gasteiger partial charge on any atom is -0.497 e. The number of rotatable bonds is 8. The number of amides is 1. The molecule has 0 aliphatic carbocycles. The van der Waals surface area contributed by atoms with Gasteiger partial charge in [0.15, 0.2) is 0 Å². The van der Waals surface area contributed by atoms with Crippen molar-refractivity contribution in [2.75, 3.05) is 20.3 Å². The van der Waals surface area contributed by atoms with E-state index >= 15 is 0 Å². The van der Waals surface area contributed by atoms with Gasteiger partial charge >= 0.3 is 12.1 Å². The quantitative estimate of drug-likeness (QED) is 0.427. The second kappa shape index (κ2) is 9.79. The Morgan fingerprint density at radius 1 is 1.10 bits per heavy atom. The molecule has 0 radical (unpaired) electrons. The van der Waals surface area contributed by atoms with Crippen LogP contribution in [-0.4, -0.2) is 36.3 Å². The molecule has 0 aliphatic rings. The summed E-state index contributed by atoms with van der Waals surface area (Å²) in [6, 6.07) is 13.4. The average Bonchev–Trinajstić information content (AvgIpc) is 3.27. The summed E-state index contributed by atoms with van der Waals surface area (Å²) in [5.41, 5.74) is 1.21. The van der Waals surface area contributed by atoms with Gasteiger partial charge in [-0.2, -0.15) is 18.2 Å². The molecule has 2 aromatic carbocycles. The number of halogens is 3. The summed E-state index contributed by atoms with van der Waals surface area (Å²) < 4.78 is 52.3. The van der Waals surface area contributed by atoms with Gasteiger partial charge in [0.05, 0.1) is 13.7 Å². The molecule has 0 fully saturated rings. The Hall–Kier alpha value is -3.82. The predicted octanol–water partition coefficient (Wildman–Crippen LogP) is 3.97. The maximum absolute atomic E-state index is 12.5. The molecule has 3 rings (SSSR count). The molecule has 1 N–H and O–H groups in total. The number of carbonyl (C=O) groups is 1. The van der Waals surface area contributed by atoms with Crippen molar-refractivity contribution in [3.63, 3.8) is 0 Å². The number of hydrogen-bond donors (Lipinski definition) is 1. The van der Waals surface area contributed by atoms with Crippen molar-refractivity contribution in [2.45, 2.75) is 6.18 Å². The van der Waals surface area contributed by atoms with Crippen molar-refractivity contribution in [3.05, 3.63) is 66.1 Å². The lowest BCUT2D eigenvalue weighted by Crippen LogP contribution is -2.26. The fraction of sp³-hybridized carbons (Fsp3) is 0.190. The molecular formula is C21H18F3N3O4. The second-order valence-electron chi connectivity index (χ2n) is 6.19. The molecule has 162 valence electrons. The normalized spacial score (nSPS) is 11.5. The van der Waals surface area contributed by atoms with E-state index in [9.17, 15) is 18.0 Å². The maximum Gasteiger partial charge on any atom is 0.471 e. The van der Waals surface area contributed by atoms with Crippen molar-refractivity contribution in [1.82, 2.24) is 15.5 Å². The lowest BCUT2D eigenvalue weighted by atomic mass is 10.2. The summed E-state index contributed by atoms with van der Waals surface area (Å²) in [5.74, 6) is -0.636. The fourth-order valence-electron chi connectivity index (χ4n) is 2.45. The molecule has 1 amide bonds. The fourth-order valence-corrected chi connectivity index (χ4v) is 2.45. The van der Waals surface area contributed by atoms with E-state index in [1.165, 1.54) is 18.2 Å². The van der Waals surface area contributed by atoms with Crippen LogP contribution in [0.2, 0.25) is 0 Å². The van der Waals surface area contributed by atoms with Gasteiger partial charge in [-0.1, -0.05) is 17.3 Å². The van der Waals surface area contributed by atoms with Crippen molar-refractivity contribution in [2.24, 2.45) is 0 Å². The third-order valence-electron chi connectivity index (χ3n) is 3.99. The van der Waals surface area contributed by atoms with Crippen LogP contribution in [0.4, 0.5) is 13.2 Å². The van der Waals surface area contributed by atoms with Crippen molar-refractivity contribution < 1.29 is 32.0 Å². The highest BCUT2D eigenvalue weighted by molar-refractivity contribution is 5.91. The number of hydrogen-bond acceptors (Lipinski definition) is 6. The van der Waals surface area contributed by atoms with E-state index < -0.39 is 12.1 Å². The van der Waals surface area contributed by atoms with Gasteiger partial charge in [-0.3, -0.25) is 4.79 Å². The van der Waals surface area contributed by atoms with Crippen LogP contribution >= 0.6 is 0 Å². The van der Waals surface area contributed by atoms with E-state index in [0.29, 0.717) is 11.3 Å². The third-order valence-corrected chi connectivity index (χ3v) is 3.99. The molecule has 1 aromatic heterocycles. The van der Waals surface area contributed by atoms with Crippen LogP contribution in [0.3, 0.4) is 0 Å². The van der Waals surface area contributed by atoms with Crippen LogP contribution in [0.15, 0.2) is 59.1 Å². The summed E-state index contributed by atoms with van der Waals surface area (Å²) in [7, 11) is 1.58. The molecular weight excluding hydrogens is 415 g/mol. The molecule has 0 saturated carbocycles. The zero-order valence-electron chi connectivity index (χ0n) is 16.3. The third kappa shape index (κ3) is 6.33. The van der Waals surface area contributed by atoms with Gasteiger partial charge in [-0.05, 0) is 48.0 Å². The van der Waals surface area contributed by atoms with E-state index in [1.54, 1.807) is 37.5 Å². The number of benzene rings is 2. The van der Waals surface area contributed by atoms with Gasteiger partial charge in [0, 0.05) is 11.6 Å². The van der Waals surface area contributed by atoms with Gasteiger partial charge in [0.25, 0.3) is 0 Å². The Kier molecular flexibility index (Phi) is 6.91. The first-order valence-corrected chi connectivity index (χ1v) is 9.09. The summed E-state index contributed by atoms with van der Waals surface area (Å²) in [4.78, 5) is 15.2. The molecule has 31 heavy (non-hydrogen) atoms. The summed E-state index contributed by atoms with van der Waals surface area (Å²) >= 11 is 0. The number of methoxy groups -OCH3 is 1. The van der Waals surface area contributed by atoms with Crippen molar-refractivity contribution in [3.8, 4) is 22.9 Å². The van der Waals surface area contributed by atoms with Gasteiger partial charge in [-0.25, -0.2) is 0 Å². The maximum atomic E-state index is 12.5. The minimum absolute atomic E-state index is 0.171. The molecule has 0 saturated heterocycles. The predicted molar refractivity (Wildman–Crippen MR) is 105 cm³/mol. The molecule has 0 atom stereocenters. The molecule has 0 aliphatic heterocycles. The zero-order valence-corrected chi connectivity index (χ0v) is 16.3. The first kappa shape index (κ1) is 21.9. The lowest BCUT2D eigenvalue weighted by Gasteiger charge is -2.07. The Morgan fingerprint density at radius 2 is 1.77 bits per heavy atom. The SMILES string of the molecule is COc1ccc(/C=C/C(=O)NCCOc2ccc(-c3noc(C(F)(F)F)n3)cc2)cc1. The summed E-state index contributed by atoms with van der Waals surface area (Å²) in [6.45, 7) is 0.481. The van der Waals surface area contributed by atoms with Crippen LogP contribution in [0.1, 0.15) is 11.5 Å². The van der Waals surface area contributed by atoms with Crippen LogP contribution in [-0.2, 0) is 11.0 Å². The number of ether oxygens (including phenoxy) is 2. The minimum atomic E-state index is -4.69. The number of carbonyl (C=O) groups excluding carboxylic acids is 1. The highest BCUT2D eigenvalue weighted by Gasteiger charge is 2.38. The van der Waals surface area contributed by atoms with Crippen LogP contribution in [0, 0.1) is 0 Å². The Balaban J connectivity index is 1.42. The highest BCUT2D eigenvalue weighted by Crippen LogP contribution is 2.29.